The van der Waals surface area contributed by atoms with Gasteiger partial charge in [-0.2, -0.15) is 0 Å². The number of benzene rings is 2. The fourth-order valence-corrected chi connectivity index (χ4v) is 7.79. The van der Waals surface area contributed by atoms with Crippen LogP contribution in [-0.4, -0.2) is 13.1 Å². The van der Waals surface area contributed by atoms with E-state index in [2.05, 4.69) is 58.9 Å². The van der Waals surface area contributed by atoms with Gasteiger partial charge < -0.3 is 4.80 Å². The number of hydrogen-bond donors (Lipinski definition) is 1. The molecule has 0 spiro atoms. The standard InChI is InChI=1S/C20H28OSi/c1-19(2,3)16-20(4,5)22(21,17-12-8-6-9-13-17)18-14-10-7-11-15-18/h6-15,21H,16H2,1-5H3. The van der Waals surface area contributed by atoms with E-state index in [9.17, 15) is 4.80 Å². The smallest absolute Gasteiger partial charge is 0.258 e. The van der Waals surface area contributed by atoms with Gasteiger partial charge in [0.25, 0.3) is 8.32 Å². The van der Waals surface area contributed by atoms with Crippen molar-refractivity contribution in [2.24, 2.45) is 5.41 Å². The van der Waals surface area contributed by atoms with Gasteiger partial charge in [0.05, 0.1) is 0 Å². The first-order valence-electron chi connectivity index (χ1n) is 8.00. The highest BCUT2D eigenvalue weighted by Crippen LogP contribution is 2.45. The molecule has 0 aromatic heterocycles. The van der Waals surface area contributed by atoms with Crippen LogP contribution in [-0.2, 0) is 0 Å². The van der Waals surface area contributed by atoms with Crippen LogP contribution in [0.15, 0.2) is 60.7 Å². The molecular formula is C20H28OSi. The van der Waals surface area contributed by atoms with Crippen molar-refractivity contribution in [3.8, 4) is 0 Å². The first-order chi connectivity index (χ1) is 10.2. The molecule has 0 saturated carbocycles. The molecule has 2 heteroatoms. The van der Waals surface area contributed by atoms with Gasteiger partial charge in [0.15, 0.2) is 0 Å². The monoisotopic (exact) mass is 312 g/mol. The van der Waals surface area contributed by atoms with E-state index in [0.29, 0.717) is 0 Å². The van der Waals surface area contributed by atoms with Crippen molar-refractivity contribution in [3.63, 3.8) is 0 Å². The lowest BCUT2D eigenvalue weighted by Gasteiger charge is -2.44. The molecule has 0 heterocycles. The molecule has 0 unspecified atom stereocenters. The van der Waals surface area contributed by atoms with E-state index >= 15 is 0 Å². The van der Waals surface area contributed by atoms with Crippen molar-refractivity contribution < 1.29 is 4.80 Å². The molecule has 0 aliphatic carbocycles. The number of rotatable bonds is 4. The summed E-state index contributed by atoms with van der Waals surface area (Å²) < 4.78 is 0. The third kappa shape index (κ3) is 3.34. The SMILES string of the molecule is CC(C)(C)CC(C)(C)[Si](O)(c1ccccc1)c1ccccc1. The van der Waals surface area contributed by atoms with Gasteiger partial charge in [-0.3, -0.25) is 0 Å². The third-order valence-corrected chi connectivity index (χ3v) is 8.81. The average Bonchev–Trinajstić information content (AvgIpc) is 2.45. The zero-order valence-electron chi connectivity index (χ0n) is 14.4. The van der Waals surface area contributed by atoms with Gasteiger partial charge in [0.1, 0.15) is 0 Å². The first-order valence-corrected chi connectivity index (χ1v) is 9.95. The van der Waals surface area contributed by atoms with Crippen LogP contribution >= 0.6 is 0 Å². The topological polar surface area (TPSA) is 20.2 Å². The summed E-state index contributed by atoms with van der Waals surface area (Å²) in [5.41, 5.74) is 0.175. The highest BCUT2D eigenvalue weighted by Gasteiger charge is 2.51. The zero-order chi connectivity index (χ0) is 16.4. The molecule has 22 heavy (non-hydrogen) atoms. The minimum atomic E-state index is -2.84. The van der Waals surface area contributed by atoms with E-state index < -0.39 is 8.32 Å². The summed E-state index contributed by atoms with van der Waals surface area (Å²) >= 11 is 0. The molecule has 0 amide bonds. The quantitative estimate of drug-likeness (QED) is 0.847. The van der Waals surface area contributed by atoms with Crippen molar-refractivity contribution >= 4 is 18.7 Å². The van der Waals surface area contributed by atoms with Crippen LogP contribution in [0, 0.1) is 5.41 Å². The van der Waals surface area contributed by atoms with E-state index in [-0.39, 0.29) is 10.5 Å². The Balaban J connectivity index is 2.61. The molecule has 0 radical (unpaired) electrons. The normalized spacial score (nSPS) is 13.2. The second kappa shape index (κ2) is 6.02. The third-order valence-electron chi connectivity index (χ3n) is 4.33. The van der Waals surface area contributed by atoms with Gasteiger partial charge in [0.2, 0.25) is 0 Å². The van der Waals surface area contributed by atoms with E-state index in [1.54, 1.807) is 0 Å². The van der Waals surface area contributed by atoms with Gasteiger partial charge >= 0.3 is 0 Å². The van der Waals surface area contributed by atoms with E-state index in [0.717, 1.165) is 16.8 Å². The largest absolute Gasteiger partial charge is 0.424 e. The molecule has 0 bridgehead atoms. The predicted octanol–water partition coefficient (Wildman–Crippen LogP) is 3.96. The predicted molar refractivity (Wildman–Crippen MR) is 98.2 cm³/mol. The highest BCUT2D eigenvalue weighted by atomic mass is 28.4. The minimum absolute atomic E-state index is 0.159. The lowest BCUT2D eigenvalue weighted by Crippen LogP contribution is -2.65. The molecule has 0 fully saturated rings. The lowest BCUT2D eigenvalue weighted by molar-refractivity contribution is 0.307. The molecule has 0 atom stereocenters. The van der Waals surface area contributed by atoms with Crippen LogP contribution in [0.4, 0.5) is 0 Å². The van der Waals surface area contributed by atoms with E-state index in [1.807, 2.05) is 36.4 Å². The molecule has 1 nitrogen and oxygen atoms in total. The maximum atomic E-state index is 12.0. The van der Waals surface area contributed by atoms with Gasteiger partial charge in [-0.1, -0.05) is 95.3 Å². The van der Waals surface area contributed by atoms with Gasteiger partial charge in [-0.05, 0) is 27.2 Å². The Bertz CT molecular complexity index is 557. The van der Waals surface area contributed by atoms with Crippen LogP contribution in [0.25, 0.3) is 0 Å². The van der Waals surface area contributed by atoms with Crippen LogP contribution < -0.4 is 10.4 Å². The summed E-state index contributed by atoms with van der Waals surface area (Å²) in [6, 6.07) is 20.5. The summed E-state index contributed by atoms with van der Waals surface area (Å²) in [5.74, 6) is 0. The Hall–Kier alpha value is -1.38. The van der Waals surface area contributed by atoms with Crippen molar-refractivity contribution in [2.45, 2.75) is 46.1 Å². The van der Waals surface area contributed by atoms with Crippen molar-refractivity contribution in [3.05, 3.63) is 60.7 Å². The molecule has 0 aliphatic heterocycles. The second-order valence-corrected chi connectivity index (χ2v) is 12.0. The van der Waals surface area contributed by atoms with E-state index in [4.69, 9.17) is 0 Å². The van der Waals surface area contributed by atoms with Crippen molar-refractivity contribution in [1.82, 2.24) is 0 Å². The Morgan fingerprint density at radius 3 is 1.41 bits per heavy atom. The van der Waals surface area contributed by atoms with Crippen LogP contribution in [0.3, 0.4) is 0 Å². The molecule has 2 aromatic carbocycles. The molecule has 0 saturated heterocycles. The zero-order valence-corrected chi connectivity index (χ0v) is 15.4. The Morgan fingerprint density at radius 1 is 0.727 bits per heavy atom. The fourth-order valence-electron chi connectivity index (χ4n) is 3.76. The second-order valence-electron chi connectivity index (χ2n) is 8.06. The lowest BCUT2D eigenvalue weighted by atomic mass is 9.85. The van der Waals surface area contributed by atoms with Crippen molar-refractivity contribution in [2.75, 3.05) is 0 Å². The highest BCUT2D eigenvalue weighted by molar-refractivity contribution is 6.98. The van der Waals surface area contributed by atoms with Gasteiger partial charge in [0, 0.05) is 0 Å². The average molecular weight is 313 g/mol. The maximum Gasteiger partial charge on any atom is 0.258 e. The summed E-state index contributed by atoms with van der Waals surface area (Å²) in [6.45, 7) is 11.2. The maximum absolute atomic E-state index is 12.0. The van der Waals surface area contributed by atoms with Crippen molar-refractivity contribution in [1.29, 1.82) is 0 Å². The Morgan fingerprint density at radius 2 is 1.09 bits per heavy atom. The van der Waals surface area contributed by atoms with Crippen LogP contribution in [0.1, 0.15) is 41.0 Å². The molecule has 2 aromatic rings. The molecule has 2 rings (SSSR count). The Kier molecular flexibility index (Phi) is 4.64. The van der Waals surface area contributed by atoms with Gasteiger partial charge in [-0.15, -0.1) is 0 Å². The number of hydrogen-bond acceptors (Lipinski definition) is 1. The Labute approximate surface area is 136 Å². The van der Waals surface area contributed by atoms with E-state index in [1.165, 1.54) is 0 Å². The van der Waals surface area contributed by atoms with Gasteiger partial charge in [-0.25, -0.2) is 0 Å². The molecule has 118 valence electrons. The summed E-state index contributed by atoms with van der Waals surface area (Å²) in [5, 5.41) is 2.03. The van der Waals surface area contributed by atoms with Crippen LogP contribution in [0.2, 0.25) is 5.04 Å². The first kappa shape index (κ1) is 17.0. The minimum Gasteiger partial charge on any atom is -0.424 e. The summed E-state index contributed by atoms with van der Waals surface area (Å²) in [6.07, 6.45) is 0.979. The summed E-state index contributed by atoms with van der Waals surface area (Å²) in [4.78, 5) is 12.0. The van der Waals surface area contributed by atoms with Crippen LogP contribution in [0.5, 0.6) is 0 Å². The molecule has 1 N–H and O–H groups in total. The molecular weight excluding hydrogens is 284 g/mol. The molecule has 0 aliphatic rings. The fraction of sp³-hybridized carbons (Fsp3) is 0.400. The summed E-state index contributed by atoms with van der Waals surface area (Å²) in [7, 11) is -2.84.